The molecule has 0 amide bonds. The van der Waals surface area contributed by atoms with E-state index in [1.54, 1.807) is 7.11 Å². The molecule has 0 aromatic heterocycles. The Balaban J connectivity index is 2.24. The maximum absolute atomic E-state index is 5.51. The summed E-state index contributed by atoms with van der Waals surface area (Å²) in [6.07, 6.45) is 3.87. The number of ether oxygens (including phenoxy) is 1. The van der Waals surface area contributed by atoms with Crippen molar-refractivity contribution in [1.82, 2.24) is 5.32 Å². The highest BCUT2D eigenvalue weighted by Crippen LogP contribution is 2.31. The average Bonchev–Trinajstić information content (AvgIpc) is 2.39. The molecule has 1 aliphatic heterocycles. The number of piperidine rings is 1. The molecule has 1 aliphatic rings. The fourth-order valence-electron chi connectivity index (χ4n) is 2.56. The maximum atomic E-state index is 5.51. The molecule has 17 heavy (non-hydrogen) atoms. The van der Waals surface area contributed by atoms with Gasteiger partial charge in [0, 0.05) is 6.04 Å². The smallest absolute Gasteiger partial charge is 0.122 e. The molecular weight excluding hydrogens is 210 g/mol. The van der Waals surface area contributed by atoms with Crippen LogP contribution in [0.15, 0.2) is 18.2 Å². The van der Waals surface area contributed by atoms with Crippen LogP contribution in [0.2, 0.25) is 0 Å². The van der Waals surface area contributed by atoms with E-state index in [9.17, 15) is 0 Å². The number of hydrogen-bond acceptors (Lipinski definition) is 2. The van der Waals surface area contributed by atoms with Crippen LogP contribution in [0, 0.1) is 0 Å². The van der Waals surface area contributed by atoms with E-state index < -0.39 is 0 Å². The van der Waals surface area contributed by atoms with Crippen molar-refractivity contribution in [2.75, 3.05) is 13.7 Å². The summed E-state index contributed by atoms with van der Waals surface area (Å²) in [5.41, 5.74) is 2.66. The second-order valence-electron chi connectivity index (χ2n) is 5.16. The molecule has 1 aromatic rings. The van der Waals surface area contributed by atoms with Crippen LogP contribution in [0.25, 0.3) is 0 Å². The topological polar surface area (TPSA) is 21.3 Å². The number of hydrogen-bond donors (Lipinski definition) is 1. The predicted octanol–water partition coefficient (Wildman–Crippen LogP) is 3.63. The van der Waals surface area contributed by atoms with Crippen molar-refractivity contribution in [2.24, 2.45) is 0 Å². The Labute approximate surface area is 104 Å². The molecule has 0 bridgehead atoms. The summed E-state index contributed by atoms with van der Waals surface area (Å²) in [5, 5.41) is 3.58. The average molecular weight is 233 g/mol. The Morgan fingerprint density at radius 2 is 2.12 bits per heavy atom. The second kappa shape index (κ2) is 5.54. The largest absolute Gasteiger partial charge is 0.496 e. The van der Waals surface area contributed by atoms with Crippen molar-refractivity contribution in [1.29, 1.82) is 0 Å². The van der Waals surface area contributed by atoms with Gasteiger partial charge in [-0.1, -0.05) is 32.4 Å². The van der Waals surface area contributed by atoms with Crippen LogP contribution >= 0.6 is 0 Å². The van der Waals surface area contributed by atoms with Gasteiger partial charge in [-0.3, -0.25) is 0 Å². The van der Waals surface area contributed by atoms with E-state index in [2.05, 4.69) is 37.4 Å². The van der Waals surface area contributed by atoms with Gasteiger partial charge >= 0.3 is 0 Å². The van der Waals surface area contributed by atoms with E-state index in [1.165, 1.54) is 30.4 Å². The SMILES string of the molecule is COc1cc(C2CCCCN2)ccc1C(C)C. The van der Waals surface area contributed by atoms with Gasteiger partial charge in [0.25, 0.3) is 0 Å². The molecular formula is C15H23NO. The quantitative estimate of drug-likeness (QED) is 0.860. The highest BCUT2D eigenvalue weighted by molar-refractivity contribution is 5.40. The summed E-state index contributed by atoms with van der Waals surface area (Å²) in [6.45, 7) is 5.55. The first-order valence-electron chi connectivity index (χ1n) is 6.63. The molecule has 1 N–H and O–H groups in total. The summed E-state index contributed by atoms with van der Waals surface area (Å²) in [7, 11) is 1.76. The summed E-state index contributed by atoms with van der Waals surface area (Å²) < 4.78 is 5.51. The lowest BCUT2D eigenvalue weighted by Gasteiger charge is -2.25. The Morgan fingerprint density at radius 3 is 2.71 bits per heavy atom. The van der Waals surface area contributed by atoms with Crippen LogP contribution in [0.5, 0.6) is 5.75 Å². The highest BCUT2D eigenvalue weighted by atomic mass is 16.5. The van der Waals surface area contributed by atoms with Gasteiger partial charge in [-0.05, 0) is 42.5 Å². The first-order chi connectivity index (χ1) is 8.22. The van der Waals surface area contributed by atoms with E-state index in [0.717, 1.165) is 12.3 Å². The van der Waals surface area contributed by atoms with Crippen LogP contribution < -0.4 is 10.1 Å². The Kier molecular flexibility index (Phi) is 4.06. The zero-order valence-electron chi connectivity index (χ0n) is 11.1. The molecule has 1 aromatic carbocycles. The molecule has 1 atom stereocenters. The number of benzene rings is 1. The maximum Gasteiger partial charge on any atom is 0.122 e. The van der Waals surface area contributed by atoms with Gasteiger partial charge in [-0.15, -0.1) is 0 Å². The van der Waals surface area contributed by atoms with Gasteiger partial charge in [0.2, 0.25) is 0 Å². The van der Waals surface area contributed by atoms with Crippen LogP contribution in [-0.2, 0) is 0 Å². The molecule has 1 saturated heterocycles. The molecule has 1 fully saturated rings. The molecule has 0 aliphatic carbocycles. The molecule has 94 valence electrons. The van der Waals surface area contributed by atoms with Crippen molar-refractivity contribution >= 4 is 0 Å². The fraction of sp³-hybridized carbons (Fsp3) is 0.600. The summed E-state index contributed by atoms with van der Waals surface area (Å²) in [6, 6.07) is 7.19. The number of rotatable bonds is 3. The van der Waals surface area contributed by atoms with Crippen LogP contribution in [0.4, 0.5) is 0 Å². The molecule has 0 saturated carbocycles. The fourth-order valence-corrected chi connectivity index (χ4v) is 2.56. The first-order valence-corrected chi connectivity index (χ1v) is 6.63. The zero-order chi connectivity index (χ0) is 12.3. The number of methoxy groups -OCH3 is 1. The third-order valence-electron chi connectivity index (χ3n) is 3.59. The van der Waals surface area contributed by atoms with E-state index in [4.69, 9.17) is 4.74 Å². The van der Waals surface area contributed by atoms with Gasteiger partial charge in [-0.2, -0.15) is 0 Å². The molecule has 1 unspecified atom stereocenters. The Bertz CT molecular complexity index is 367. The second-order valence-corrected chi connectivity index (χ2v) is 5.16. The summed E-state index contributed by atoms with van der Waals surface area (Å²) in [5.74, 6) is 1.54. The van der Waals surface area contributed by atoms with Crippen molar-refractivity contribution in [3.63, 3.8) is 0 Å². The van der Waals surface area contributed by atoms with Crippen LogP contribution in [0.1, 0.15) is 56.2 Å². The van der Waals surface area contributed by atoms with E-state index in [0.29, 0.717) is 12.0 Å². The highest BCUT2D eigenvalue weighted by Gasteiger charge is 2.16. The normalized spacial score (nSPS) is 20.6. The van der Waals surface area contributed by atoms with E-state index in [-0.39, 0.29) is 0 Å². The summed E-state index contributed by atoms with van der Waals surface area (Å²) in [4.78, 5) is 0. The molecule has 2 nitrogen and oxygen atoms in total. The lowest BCUT2D eigenvalue weighted by molar-refractivity contribution is 0.396. The molecule has 0 radical (unpaired) electrons. The zero-order valence-corrected chi connectivity index (χ0v) is 11.1. The van der Waals surface area contributed by atoms with Crippen LogP contribution in [0.3, 0.4) is 0 Å². The molecule has 0 spiro atoms. The van der Waals surface area contributed by atoms with Crippen molar-refractivity contribution < 1.29 is 4.74 Å². The lowest BCUT2D eigenvalue weighted by atomic mass is 9.94. The van der Waals surface area contributed by atoms with Crippen molar-refractivity contribution in [3.05, 3.63) is 29.3 Å². The lowest BCUT2D eigenvalue weighted by Crippen LogP contribution is -2.26. The third kappa shape index (κ3) is 2.81. The first kappa shape index (κ1) is 12.4. The molecule has 2 heteroatoms. The minimum atomic E-state index is 0.512. The number of nitrogens with one attached hydrogen (secondary N) is 1. The predicted molar refractivity (Wildman–Crippen MR) is 71.7 cm³/mol. The van der Waals surface area contributed by atoms with E-state index >= 15 is 0 Å². The van der Waals surface area contributed by atoms with Gasteiger partial charge < -0.3 is 10.1 Å². The Hall–Kier alpha value is -1.02. The van der Waals surface area contributed by atoms with Crippen LogP contribution in [-0.4, -0.2) is 13.7 Å². The van der Waals surface area contributed by atoms with E-state index in [1.807, 2.05) is 0 Å². The van der Waals surface area contributed by atoms with Crippen molar-refractivity contribution in [3.8, 4) is 5.75 Å². The van der Waals surface area contributed by atoms with Gasteiger partial charge in [0.05, 0.1) is 7.11 Å². The van der Waals surface area contributed by atoms with Crippen molar-refractivity contribution in [2.45, 2.75) is 45.1 Å². The van der Waals surface area contributed by atoms with Gasteiger partial charge in [0.15, 0.2) is 0 Å². The molecule has 2 rings (SSSR count). The molecule has 1 heterocycles. The van der Waals surface area contributed by atoms with Gasteiger partial charge in [-0.25, -0.2) is 0 Å². The van der Waals surface area contributed by atoms with Gasteiger partial charge in [0.1, 0.15) is 5.75 Å². The Morgan fingerprint density at radius 1 is 1.29 bits per heavy atom. The minimum Gasteiger partial charge on any atom is -0.496 e. The standard InChI is InChI=1S/C15H23NO/c1-11(2)13-8-7-12(10-15(13)17-3)14-6-4-5-9-16-14/h7-8,10-11,14,16H,4-6,9H2,1-3H3. The third-order valence-corrected chi connectivity index (χ3v) is 3.59. The monoisotopic (exact) mass is 233 g/mol. The minimum absolute atomic E-state index is 0.512. The summed E-state index contributed by atoms with van der Waals surface area (Å²) >= 11 is 0.